The van der Waals surface area contributed by atoms with Crippen molar-refractivity contribution in [2.75, 3.05) is 10.3 Å². The Hall–Kier alpha value is -3.13. The van der Waals surface area contributed by atoms with Gasteiger partial charge in [-0.3, -0.25) is 0 Å². The summed E-state index contributed by atoms with van der Waals surface area (Å²) in [5.74, 6) is 0.364. The number of fused-ring (bicyclic) bond motifs is 1. The first-order valence-electron chi connectivity index (χ1n) is 12.0. The van der Waals surface area contributed by atoms with Crippen molar-refractivity contribution in [2.45, 2.75) is 69.6 Å². The van der Waals surface area contributed by atoms with Gasteiger partial charge in [-0.25, -0.2) is 4.79 Å². The van der Waals surface area contributed by atoms with E-state index in [0.29, 0.717) is 5.92 Å². The average Bonchev–Trinajstić information content (AvgIpc) is 3.01. The Morgan fingerprint density at radius 1 is 0.938 bits per heavy atom. The van der Waals surface area contributed by atoms with Gasteiger partial charge in [0.15, 0.2) is 0 Å². The van der Waals surface area contributed by atoms with Gasteiger partial charge in [0.05, 0.1) is 28.6 Å². The number of carbonyl (C=O) groups is 1. The second kappa shape index (κ2) is 8.78. The molecule has 0 atom stereocenters. The van der Waals surface area contributed by atoms with Crippen molar-refractivity contribution in [1.82, 2.24) is 0 Å². The van der Waals surface area contributed by atoms with Gasteiger partial charge in [-0.15, -0.1) is 0 Å². The van der Waals surface area contributed by atoms with Gasteiger partial charge in [0.25, 0.3) is 0 Å². The number of hydrogen-bond donors (Lipinski definition) is 1. The molecule has 5 heteroatoms. The summed E-state index contributed by atoms with van der Waals surface area (Å²) in [5.41, 5.74) is 4.24. The zero-order valence-electron chi connectivity index (χ0n) is 18.5. The lowest BCUT2D eigenvalue weighted by molar-refractivity contribution is 0.257. The van der Waals surface area contributed by atoms with E-state index >= 15 is 0 Å². The van der Waals surface area contributed by atoms with E-state index in [-0.39, 0.29) is 6.03 Å². The van der Waals surface area contributed by atoms with E-state index in [1.807, 2.05) is 42.5 Å². The van der Waals surface area contributed by atoms with E-state index in [1.54, 1.807) is 0 Å². The Balaban J connectivity index is 1.51. The maximum atomic E-state index is 13.2. The van der Waals surface area contributed by atoms with Crippen LogP contribution in [0, 0.1) is 17.2 Å². The van der Waals surface area contributed by atoms with E-state index < -0.39 is 5.41 Å². The van der Waals surface area contributed by atoms with Crippen LogP contribution >= 0.6 is 0 Å². The lowest BCUT2D eigenvalue weighted by Gasteiger charge is -2.31. The number of urea groups is 1. The molecule has 0 spiro atoms. The summed E-state index contributed by atoms with van der Waals surface area (Å²) < 4.78 is 0. The van der Waals surface area contributed by atoms with E-state index in [0.717, 1.165) is 66.7 Å². The molecule has 32 heavy (non-hydrogen) atoms. The highest BCUT2D eigenvalue weighted by atomic mass is 16.2. The molecular formula is C27H30N4O. The summed E-state index contributed by atoms with van der Waals surface area (Å²) in [4.78, 5) is 13.2. The van der Waals surface area contributed by atoms with E-state index in [9.17, 15) is 10.1 Å². The second-order valence-electron chi connectivity index (χ2n) is 9.41. The van der Waals surface area contributed by atoms with Gasteiger partial charge in [0.1, 0.15) is 0 Å². The monoisotopic (exact) mass is 426 g/mol. The molecule has 3 aliphatic rings. The van der Waals surface area contributed by atoms with Crippen molar-refractivity contribution >= 4 is 23.1 Å². The number of amides is 2. The number of nitrogens with one attached hydrogen (secondary N) is 1. The minimum Gasteiger partial charge on any atom is -0.305 e. The normalized spacial score (nSPS) is 21.0. The SMILES string of the molecule is N#CC1(c2ccc(N3N=C(C4CCCCC4)c4ccccc4NC3=O)cc2)CCCCC1. The van der Waals surface area contributed by atoms with E-state index in [1.165, 1.54) is 30.7 Å². The van der Waals surface area contributed by atoms with E-state index in [2.05, 4.69) is 17.5 Å². The van der Waals surface area contributed by atoms with Crippen LogP contribution in [0.3, 0.4) is 0 Å². The van der Waals surface area contributed by atoms with Crippen molar-refractivity contribution in [3.8, 4) is 6.07 Å². The molecule has 1 heterocycles. The van der Waals surface area contributed by atoms with Gasteiger partial charge in [0.2, 0.25) is 0 Å². The first-order valence-corrected chi connectivity index (χ1v) is 12.0. The van der Waals surface area contributed by atoms with Gasteiger partial charge in [-0.1, -0.05) is 68.9 Å². The molecule has 2 amide bonds. The fourth-order valence-electron chi connectivity index (χ4n) is 5.59. The van der Waals surface area contributed by atoms with Crippen LogP contribution in [-0.4, -0.2) is 11.7 Å². The second-order valence-corrected chi connectivity index (χ2v) is 9.41. The van der Waals surface area contributed by atoms with Crippen molar-refractivity contribution < 1.29 is 4.79 Å². The molecule has 0 unspecified atom stereocenters. The number of anilines is 2. The predicted molar refractivity (Wildman–Crippen MR) is 128 cm³/mol. The number of nitriles is 1. The lowest BCUT2D eigenvalue weighted by atomic mass is 9.70. The summed E-state index contributed by atoms with van der Waals surface area (Å²) in [6.07, 6.45) is 11.1. The molecule has 0 radical (unpaired) electrons. The summed E-state index contributed by atoms with van der Waals surface area (Å²) >= 11 is 0. The molecule has 2 aromatic carbocycles. The standard InChI is InChI=1S/C27H30N4O/c28-19-27(17-7-2-8-18-27)21-13-15-22(16-14-21)31-26(32)29-24-12-6-5-11-23(24)25(30-31)20-9-3-1-4-10-20/h5-6,11-16,20H,1-4,7-10,17-18H2,(H,29,32). The first kappa shape index (κ1) is 20.8. The number of para-hydroxylation sites is 1. The Morgan fingerprint density at radius 2 is 1.62 bits per heavy atom. The summed E-state index contributed by atoms with van der Waals surface area (Å²) in [6.45, 7) is 0. The average molecular weight is 427 g/mol. The van der Waals surface area contributed by atoms with Crippen LogP contribution in [0.25, 0.3) is 0 Å². The van der Waals surface area contributed by atoms with Crippen LogP contribution in [-0.2, 0) is 5.41 Å². The third-order valence-corrected chi connectivity index (χ3v) is 7.42. The van der Waals surface area contributed by atoms with Crippen LogP contribution in [0.4, 0.5) is 16.2 Å². The number of benzene rings is 2. The number of hydrazone groups is 1. The van der Waals surface area contributed by atoms with Gasteiger partial charge < -0.3 is 5.32 Å². The molecule has 2 aliphatic carbocycles. The van der Waals surface area contributed by atoms with Crippen LogP contribution in [0.2, 0.25) is 0 Å². The Morgan fingerprint density at radius 3 is 2.34 bits per heavy atom. The van der Waals surface area contributed by atoms with Gasteiger partial charge in [-0.05, 0) is 49.4 Å². The first-order chi connectivity index (χ1) is 15.7. The minimum atomic E-state index is -0.398. The predicted octanol–water partition coefficient (Wildman–Crippen LogP) is 6.75. The van der Waals surface area contributed by atoms with Crippen molar-refractivity contribution in [3.63, 3.8) is 0 Å². The van der Waals surface area contributed by atoms with E-state index in [4.69, 9.17) is 5.10 Å². The third-order valence-electron chi connectivity index (χ3n) is 7.42. The largest absolute Gasteiger partial charge is 0.347 e. The molecule has 0 saturated heterocycles. The highest BCUT2D eigenvalue weighted by molar-refractivity contribution is 6.15. The molecule has 1 aliphatic heterocycles. The number of hydrogen-bond acceptors (Lipinski definition) is 3. The summed E-state index contributed by atoms with van der Waals surface area (Å²) in [6, 6.07) is 18.3. The molecule has 2 aromatic rings. The molecule has 1 N–H and O–H groups in total. The summed E-state index contributed by atoms with van der Waals surface area (Å²) in [7, 11) is 0. The Labute approximate surface area is 190 Å². The zero-order valence-corrected chi connectivity index (χ0v) is 18.5. The zero-order chi connectivity index (χ0) is 22.0. The van der Waals surface area contributed by atoms with Crippen molar-refractivity contribution in [3.05, 3.63) is 59.7 Å². The molecule has 5 rings (SSSR count). The van der Waals surface area contributed by atoms with Gasteiger partial charge in [-0.2, -0.15) is 15.4 Å². The smallest absolute Gasteiger partial charge is 0.305 e. The highest BCUT2D eigenvalue weighted by Gasteiger charge is 2.34. The topological polar surface area (TPSA) is 68.5 Å². The molecule has 0 bridgehead atoms. The summed E-state index contributed by atoms with van der Waals surface area (Å²) in [5, 5.41) is 19.4. The minimum absolute atomic E-state index is 0.247. The quantitative estimate of drug-likeness (QED) is 0.590. The fraction of sp³-hybridized carbons (Fsp3) is 0.444. The van der Waals surface area contributed by atoms with Crippen LogP contribution in [0.5, 0.6) is 0 Å². The highest BCUT2D eigenvalue weighted by Crippen LogP contribution is 2.40. The molecule has 0 aromatic heterocycles. The Bertz CT molecular complexity index is 1050. The molecule has 5 nitrogen and oxygen atoms in total. The number of nitrogens with zero attached hydrogens (tertiary/aromatic N) is 3. The molecule has 2 saturated carbocycles. The maximum Gasteiger partial charge on any atom is 0.347 e. The van der Waals surface area contributed by atoms with Crippen molar-refractivity contribution in [2.24, 2.45) is 11.0 Å². The van der Waals surface area contributed by atoms with Crippen LogP contribution < -0.4 is 10.3 Å². The molecule has 2 fully saturated rings. The van der Waals surface area contributed by atoms with Crippen LogP contribution in [0.15, 0.2) is 53.6 Å². The molecular weight excluding hydrogens is 396 g/mol. The van der Waals surface area contributed by atoms with Crippen molar-refractivity contribution in [1.29, 1.82) is 5.26 Å². The Kier molecular flexibility index (Phi) is 5.70. The van der Waals surface area contributed by atoms with Crippen LogP contribution in [0.1, 0.15) is 75.3 Å². The third kappa shape index (κ3) is 3.79. The molecule has 164 valence electrons. The number of rotatable bonds is 3. The number of carbonyl (C=O) groups excluding carboxylic acids is 1. The fourth-order valence-corrected chi connectivity index (χ4v) is 5.59. The lowest BCUT2D eigenvalue weighted by Crippen LogP contribution is -2.31. The maximum absolute atomic E-state index is 13.2. The van der Waals surface area contributed by atoms with Gasteiger partial charge in [0, 0.05) is 11.5 Å². The van der Waals surface area contributed by atoms with Gasteiger partial charge >= 0.3 is 6.03 Å².